The van der Waals surface area contributed by atoms with Gasteiger partial charge in [0.1, 0.15) is 11.4 Å². The SMILES string of the molecule is CN(C)CCNc1ccc2nc3c4c(nccc4c2c1)-c1cccnc1C3=O. The van der Waals surface area contributed by atoms with Crippen molar-refractivity contribution in [3.8, 4) is 11.3 Å². The Hall–Kier alpha value is -3.38. The van der Waals surface area contributed by atoms with Crippen molar-refractivity contribution < 1.29 is 4.79 Å². The molecule has 0 unspecified atom stereocenters. The molecular formula is C22H19N5O. The lowest BCUT2D eigenvalue weighted by atomic mass is 9.90. The van der Waals surface area contributed by atoms with Crippen LogP contribution >= 0.6 is 0 Å². The van der Waals surface area contributed by atoms with Crippen molar-refractivity contribution >= 4 is 33.1 Å². The summed E-state index contributed by atoms with van der Waals surface area (Å²) in [5.74, 6) is -0.142. The number of hydrogen-bond acceptors (Lipinski definition) is 6. The maximum Gasteiger partial charge on any atom is 0.231 e. The summed E-state index contributed by atoms with van der Waals surface area (Å²) < 4.78 is 0. The minimum Gasteiger partial charge on any atom is -0.384 e. The zero-order chi connectivity index (χ0) is 19.3. The van der Waals surface area contributed by atoms with E-state index in [0.29, 0.717) is 11.4 Å². The quantitative estimate of drug-likeness (QED) is 0.490. The van der Waals surface area contributed by atoms with Gasteiger partial charge in [0, 0.05) is 47.5 Å². The third-order valence-electron chi connectivity index (χ3n) is 5.09. The van der Waals surface area contributed by atoms with Gasteiger partial charge in [-0.05, 0) is 55.9 Å². The molecule has 0 atom stereocenters. The summed E-state index contributed by atoms with van der Waals surface area (Å²) in [7, 11) is 4.11. The van der Waals surface area contributed by atoms with Crippen LogP contribution < -0.4 is 5.32 Å². The molecule has 3 heterocycles. The van der Waals surface area contributed by atoms with Crippen LogP contribution in [-0.2, 0) is 0 Å². The average molecular weight is 369 g/mol. The molecule has 3 aromatic heterocycles. The number of nitrogens with zero attached hydrogens (tertiary/aromatic N) is 4. The molecule has 0 bridgehead atoms. The van der Waals surface area contributed by atoms with Crippen molar-refractivity contribution in [1.29, 1.82) is 0 Å². The Morgan fingerprint density at radius 1 is 0.964 bits per heavy atom. The third-order valence-corrected chi connectivity index (χ3v) is 5.09. The van der Waals surface area contributed by atoms with Crippen LogP contribution in [0.5, 0.6) is 0 Å². The molecule has 28 heavy (non-hydrogen) atoms. The van der Waals surface area contributed by atoms with E-state index in [4.69, 9.17) is 4.98 Å². The van der Waals surface area contributed by atoms with Crippen LogP contribution in [0.3, 0.4) is 0 Å². The Labute approximate surface area is 162 Å². The Morgan fingerprint density at radius 2 is 1.82 bits per heavy atom. The smallest absolute Gasteiger partial charge is 0.231 e. The molecule has 138 valence electrons. The fraction of sp³-hybridized carbons (Fsp3) is 0.182. The minimum absolute atomic E-state index is 0.142. The van der Waals surface area contributed by atoms with Gasteiger partial charge < -0.3 is 10.2 Å². The molecule has 1 aromatic carbocycles. The van der Waals surface area contributed by atoms with Gasteiger partial charge in [0.05, 0.1) is 11.2 Å². The standard InChI is InChI=1S/C22H19N5O/c1-27(2)11-10-23-13-5-6-17-16(12-13)14-7-9-25-19-15-4-3-8-24-20(15)22(28)21(26-17)18(14)19/h3-9,12,23H,10-11H2,1-2H3. The lowest BCUT2D eigenvalue weighted by Crippen LogP contribution is -2.20. The van der Waals surface area contributed by atoms with Gasteiger partial charge in [-0.25, -0.2) is 4.98 Å². The van der Waals surface area contributed by atoms with Crippen molar-refractivity contribution in [3.05, 3.63) is 60.2 Å². The van der Waals surface area contributed by atoms with Crippen LogP contribution in [0.1, 0.15) is 16.2 Å². The van der Waals surface area contributed by atoms with Gasteiger partial charge in [-0.3, -0.25) is 14.8 Å². The first-order chi connectivity index (χ1) is 13.6. The first-order valence-corrected chi connectivity index (χ1v) is 9.24. The van der Waals surface area contributed by atoms with Crippen LogP contribution in [0.25, 0.3) is 32.9 Å². The summed E-state index contributed by atoms with van der Waals surface area (Å²) in [6.45, 7) is 1.80. The number of aromatic nitrogens is 3. The molecule has 1 aliphatic carbocycles. The molecule has 0 spiro atoms. The summed E-state index contributed by atoms with van der Waals surface area (Å²) in [4.78, 5) is 28.7. The van der Waals surface area contributed by atoms with Crippen molar-refractivity contribution in [3.63, 3.8) is 0 Å². The second kappa shape index (κ2) is 6.35. The number of fused-ring (bicyclic) bond motifs is 4. The first-order valence-electron chi connectivity index (χ1n) is 9.24. The number of likely N-dealkylation sites (N-methyl/N-ethyl adjacent to an activating group) is 1. The Balaban J connectivity index is 1.73. The molecule has 0 radical (unpaired) electrons. The number of rotatable bonds is 4. The van der Waals surface area contributed by atoms with Crippen LogP contribution in [-0.4, -0.2) is 52.8 Å². The molecule has 0 saturated heterocycles. The zero-order valence-electron chi connectivity index (χ0n) is 15.7. The monoisotopic (exact) mass is 369 g/mol. The lowest BCUT2D eigenvalue weighted by molar-refractivity contribution is 0.103. The van der Waals surface area contributed by atoms with Crippen molar-refractivity contribution in [2.75, 3.05) is 32.5 Å². The number of carbonyl (C=O) groups excluding carboxylic acids is 1. The van der Waals surface area contributed by atoms with Crippen molar-refractivity contribution in [2.24, 2.45) is 0 Å². The zero-order valence-corrected chi connectivity index (χ0v) is 15.7. The fourth-order valence-electron chi connectivity index (χ4n) is 3.74. The van der Waals surface area contributed by atoms with Gasteiger partial charge >= 0.3 is 0 Å². The van der Waals surface area contributed by atoms with Gasteiger partial charge in [-0.1, -0.05) is 0 Å². The van der Waals surface area contributed by atoms with Crippen LogP contribution in [0, 0.1) is 0 Å². The highest BCUT2D eigenvalue weighted by molar-refractivity contribution is 6.26. The first kappa shape index (κ1) is 16.8. The second-order valence-electron chi connectivity index (χ2n) is 7.23. The summed E-state index contributed by atoms with van der Waals surface area (Å²) >= 11 is 0. The number of anilines is 1. The van der Waals surface area contributed by atoms with E-state index < -0.39 is 0 Å². The van der Waals surface area contributed by atoms with Gasteiger partial charge in [0.15, 0.2) is 0 Å². The maximum atomic E-state index is 13.0. The number of pyridine rings is 3. The highest BCUT2D eigenvalue weighted by atomic mass is 16.1. The number of ketones is 1. The molecule has 0 fully saturated rings. The summed E-state index contributed by atoms with van der Waals surface area (Å²) in [6, 6.07) is 11.8. The van der Waals surface area contributed by atoms with E-state index in [-0.39, 0.29) is 5.78 Å². The summed E-state index contributed by atoms with van der Waals surface area (Å²) in [5.41, 5.74) is 4.23. The molecule has 1 N–H and O–H groups in total. The molecule has 1 aliphatic rings. The van der Waals surface area contributed by atoms with E-state index in [9.17, 15) is 4.79 Å². The van der Waals surface area contributed by atoms with Crippen LogP contribution in [0.2, 0.25) is 0 Å². The molecule has 0 amide bonds. The molecular weight excluding hydrogens is 350 g/mol. The largest absolute Gasteiger partial charge is 0.384 e. The topological polar surface area (TPSA) is 71.0 Å². The molecule has 4 aromatic rings. The highest BCUT2D eigenvalue weighted by Crippen LogP contribution is 2.39. The maximum absolute atomic E-state index is 13.0. The average Bonchev–Trinajstić information content (AvgIpc) is 2.71. The molecule has 6 heteroatoms. The number of benzene rings is 1. The highest BCUT2D eigenvalue weighted by Gasteiger charge is 2.29. The Morgan fingerprint density at radius 3 is 2.68 bits per heavy atom. The molecule has 5 rings (SSSR count). The Kier molecular flexibility index (Phi) is 3.80. The van der Waals surface area contributed by atoms with E-state index >= 15 is 0 Å². The fourth-order valence-corrected chi connectivity index (χ4v) is 3.74. The summed E-state index contributed by atoms with van der Waals surface area (Å²) in [6.07, 6.45) is 3.42. The van der Waals surface area contributed by atoms with E-state index in [1.165, 1.54) is 0 Å². The van der Waals surface area contributed by atoms with E-state index in [1.54, 1.807) is 12.4 Å². The van der Waals surface area contributed by atoms with Gasteiger partial charge in [-0.15, -0.1) is 0 Å². The minimum atomic E-state index is -0.142. The second-order valence-corrected chi connectivity index (χ2v) is 7.23. The predicted octanol–water partition coefficient (Wildman–Crippen LogP) is 3.36. The van der Waals surface area contributed by atoms with Crippen LogP contribution in [0.15, 0.2) is 48.8 Å². The normalized spacial score (nSPS) is 12.6. The molecule has 0 saturated carbocycles. The van der Waals surface area contributed by atoms with Crippen LogP contribution in [0.4, 0.5) is 5.69 Å². The van der Waals surface area contributed by atoms with Crippen molar-refractivity contribution in [2.45, 2.75) is 0 Å². The third kappa shape index (κ3) is 2.53. The van der Waals surface area contributed by atoms with E-state index in [1.807, 2.05) is 30.3 Å². The predicted molar refractivity (Wildman–Crippen MR) is 111 cm³/mol. The number of carbonyl (C=O) groups is 1. The lowest BCUT2D eigenvalue weighted by Gasteiger charge is -2.19. The van der Waals surface area contributed by atoms with Gasteiger partial charge in [0.2, 0.25) is 5.78 Å². The number of hydrogen-bond donors (Lipinski definition) is 1. The summed E-state index contributed by atoms with van der Waals surface area (Å²) in [5, 5.41) is 6.26. The number of nitrogens with one attached hydrogen (secondary N) is 1. The Bertz CT molecular complexity index is 1250. The van der Waals surface area contributed by atoms with Gasteiger partial charge in [0.25, 0.3) is 0 Å². The molecule has 0 aliphatic heterocycles. The molecule has 6 nitrogen and oxygen atoms in total. The van der Waals surface area contributed by atoms with E-state index in [2.05, 4.69) is 40.3 Å². The van der Waals surface area contributed by atoms with Crippen molar-refractivity contribution in [1.82, 2.24) is 19.9 Å². The van der Waals surface area contributed by atoms with E-state index in [0.717, 1.165) is 51.7 Å². The van der Waals surface area contributed by atoms with Gasteiger partial charge in [-0.2, -0.15) is 0 Å².